The third-order valence-corrected chi connectivity index (χ3v) is 4.88. The molecule has 0 aliphatic rings. The third kappa shape index (κ3) is 3.38. The van der Waals surface area contributed by atoms with Gasteiger partial charge in [0.25, 0.3) is 0 Å². The molecule has 0 saturated heterocycles. The highest BCUT2D eigenvalue weighted by Crippen LogP contribution is 2.27. The number of nitrogens with one attached hydrogen (secondary N) is 1. The highest BCUT2D eigenvalue weighted by Gasteiger charge is 2.21. The van der Waals surface area contributed by atoms with Crippen molar-refractivity contribution in [1.29, 1.82) is 0 Å². The molecular formula is C18H18FN3OS. The summed E-state index contributed by atoms with van der Waals surface area (Å²) in [5.74, 6) is -0.284. The molecular weight excluding hydrogens is 325 g/mol. The molecule has 3 rings (SSSR count). The molecule has 0 spiro atoms. The Bertz CT molecular complexity index is 814. The Morgan fingerprint density at radius 2 is 1.96 bits per heavy atom. The zero-order chi connectivity index (χ0) is 17.1. The molecule has 0 saturated carbocycles. The van der Waals surface area contributed by atoms with Crippen molar-refractivity contribution in [2.24, 2.45) is 0 Å². The zero-order valence-electron chi connectivity index (χ0n) is 13.5. The summed E-state index contributed by atoms with van der Waals surface area (Å²) in [5, 5.41) is 3.44. The van der Waals surface area contributed by atoms with E-state index in [4.69, 9.17) is 0 Å². The minimum absolute atomic E-state index is 0.162. The van der Waals surface area contributed by atoms with E-state index >= 15 is 0 Å². The van der Waals surface area contributed by atoms with E-state index in [1.165, 1.54) is 23.5 Å². The second kappa shape index (κ2) is 6.97. The van der Waals surface area contributed by atoms with E-state index < -0.39 is 0 Å². The summed E-state index contributed by atoms with van der Waals surface area (Å²) in [4.78, 5) is 18.7. The number of halogens is 1. The molecule has 124 valence electrons. The molecule has 1 aromatic heterocycles. The van der Waals surface area contributed by atoms with E-state index in [1.54, 1.807) is 17.0 Å². The van der Waals surface area contributed by atoms with Gasteiger partial charge >= 0.3 is 6.03 Å². The van der Waals surface area contributed by atoms with Gasteiger partial charge in [0.2, 0.25) is 0 Å². The predicted octanol–water partition coefficient (Wildman–Crippen LogP) is 5.05. The third-order valence-electron chi connectivity index (χ3n) is 3.93. The standard InChI is InChI=1S/C18H18FN3OS/c1-3-22(12(2)13-8-10-14(19)11-9-13)18(23)21-17-20-15-6-4-5-7-16(15)24-17/h4-12H,3H2,1-2H3,(H,20,21,23)/t12-/m0/s1. The summed E-state index contributed by atoms with van der Waals surface area (Å²) in [5.41, 5.74) is 1.75. The van der Waals surface area contributed by atoms with Gasteiger partial charge in [-0.1, -0.05) is 35.6 Å². The SMILES string of the molecule is CCN(C(=O)Nc1nc2ccccc2s1)[C@@H](C)c1ccc(F)cc1. The first kappa shape index (κ1) is 16.4. The lowest BCUT2D eigenvalue weighted by atomic mass is 10.1. The number of hydrogen-bond acceptors (Lipinski definition) is 3. The number of aromatic nitrogens is 1. The fourth-order valence-corrected chi connectivity index (χ4v) is 3.46. The number of para-hydroxylation sites is 1. The van der Waals surface area contributed by atoms with Crippen LogP contribution in [0.15, 0.2) is 48.5 Å². The minimum atomic E-state index is -0.284. The van der Waals surface area contributed by atoms with Gasteiger partial charge < -0.3 is 4.90 Å². The molecule has 1 atom stereocenters. The van der Waals surface area contributed by atoms with Crippen LogP contribution in [-0.2, 0) is 0 Å². The van der Waals surface area contributed by atoms with Crippen molar-refractivity contribution in [3.8, 4) is 0 Å². The number of hydrogen-bond donors (Lipinski definition) is 1. The average Bonchev–Trinajstić information content (AvgIpc) is 2.98. The van der Waals surface area contributed by atoms with Crippen molar-refractivity contribution in [2.45, 2.75) is 19.9 Å². The predicted molar refractivity (Wildman–Crippen MR) is 95.8 cm³/mol. The average molecular weight is 343 g/mol. The summed E-state index contributed by atoms with van der Waals surface area (Å²) >= 11 is 1.44. The molecule has 24 heavy (non-hydrogen) atoms. The number of carbonyl (C=O) groups excluding carboxylic acids is 1. The number of nitrogens with zero attached hydrogens (tertiary/aromatic N) is 2. The number of anilines is 1. The van der Waals surface area contributed by atoms with Gasteiger partial charge in [0.05, 0.1) is 16.3 Å². The van der Waals surface area contributed by atoms with Crippen LogP contribution in [0.25, 0.3) is 10.2 Å². The Kier molecular flexibility index (Phi) is 4.76. The molecule has 1 N–H and O–H groups in total. The molecule has 0 unspecified atom stereocenters. The molecule has 0 aliphatic carbocycles. The topological polar surface area (TPSA) is 45.2 Å². The first-order chi connectivity index (χ1) is 11.6. The molecule has 3 aromatic rings. The first-order valence-corrected chi connectivity index (χ1v) is 8.58. The maximum Gasteiger partial charge on any atom is 0.324 e. The summed E-state index contributed by atoms with van der Waals surface area (Å²) in [6.07, 6.45) is 0. The van der Waals surface area contributed by atoms with Crippen LogP contribution in [0.5, 0.6) is 0 Å². The van der Waals surface area contributed by atoms with Crippen LogP contribution in [-0.4, -0.2) is 22.5 Å². The molecule has 6 heteroatoms. The lowest BCUT2D eigenvalue weighted by molar-refractivity contribution is 0.197. The molecule has 0 aliphatic heterocycles. The van der Waals surface area contributed by atoms with Crippen molar-refractivity contribution >= 4 is 32.7 Å². The molecule has 1 heterocycles. The monoisotopic (exact) mass is 343 g/mol. The van der Waals surface area contributed by atoms with Gasteiger partial charge in [0.1, 0.15) is 5.82 Å². The number of carbonyl (C=O) groups is 1. The van der Waals surface area contributed by atoms with Gasteiger partial charge in [0.15, 0.2) is 5.13 Å². The summed E-state index contributed by atoms with van der Waals surface area (Å²) < 4.78 is 14.1. The van der Waals surface area contributed by atoms with Crippen LogP contribution in [0.1, 0.15) is 25.5 Å². The fraction of sp³-hybridized carbons (Fsp3) is 0.222. The number of benzene rings is 2. The first-order valence-electron chi connectivity index (χ1n) is 7.77. The van der Waals surface area contributed by atoms with Crippen LogP contribution >= 0.6 is 11.3 Å². The normalized spacial score (nSPS) is 12.1. The Labute approximate surface area is 143 Å². The van der Waals surface area contributed by atoms with Gasteiger partial charge in [-0.25, -0.2) is 14.2 Å². The Morgan fingerprint density at radius 3 is 2.62 bits per heavy atom. The van der Waals surface area contributed by atoms with E-state index in [-0.39, 0.29) is 17.9 Å². The van der Waals surface area contributed by atoms with Crippen LogP contribution in [0.3, 0.4) is 0 Å². The van der Waals surface area contributed by atoms with Crippen molar-refractivity contribution < 1.29 is 9.18 Å². The molecule has 2 aromatic carbocycles. The van der Waals surface area contributed by atoms with Crippen LogP contribution in [0, 0.1) is 5.82 Å². The summed E-state index contributed by atoms with van der Waals surface area (Å²) in [6.45, 7) is 4.38. The Morgan fingerprint density at radius 1 is 1.25 bits per heavy atom. The number of amides is 2. The molecule has 0 bridgehead atoms. The lowest BCUT2D eigenvalue weighted by Gasteiger charge is -2.28. The zero-order valence-corrected chi connectivity index (χ0v) is 14.3. The van der Waals surface area contributed by atoms with Crippen LogP contribution < -0.4 is 5.32 Å². The van der Waals surface area contributed by atoms with Gasteiger partial charge in [-0.2, -0.15) is 0 Å². The highest BCUT2D eigenvalue weighted by atomic mass is 32.1. The van der Waals surface area contributed by atoms with E-state index in [9.17, 15) is 9.18 Å². The minimum Gasteiger partial charge on any atom is -0.318 e. The van der Waals surface area contributed by atoms with Gasteiger partial charge in [-0.3, -0.25) is 5.32 Å². The quantitative estimate of drug-likeness (QED) is 0.720. The second-order valence-corrected chi connectivity index (χ2v) is 6.46. The Hall–Kier alpha value is -2.47. The lowest BCUT2D eigenvalue weighted by Crippen LogP contribution is -2.36. The Balaban J connectivity index is 1.76. The van der Waals surface area contributed by atoms with Crippen molar-refractivity contribution in [3.63, 3.8) is 0 Å². The number of thiazole rings is 1. The van der Waals surface area contributed by atoms with Gasteiger partial charge in [0, 0.05) is 6.54 Å². The number of rotatable bonds is 4. The highest BCUT2D eigenvalue weighted by molar-refractivity contribution is 7.22. The summed E-state index contributed by atoms with van der Waals surface area (Å²) in [6, 6.07) is 13.6. The van der Waals surface area contributed by atoms with Crippen molar-refractivity contribution in [1.82, 2.24) is 9.88 Å². The van der Waals surface area contributed by atoms with Crippen molar-refractivity contribution in [2.75, 3.05) is 11.9 Å². The summed E-state index contributed by atoms with van der Waals surface area (Å²) in [7, 11) is 0. The van der Waals surface area contributed by atoms with Gasteiger partial charge in [-0.05, 0) is 43.7 Å². The van der Waals surface area contributed by atoms with Gasteiger partial charge in [-0.15, -0.1) is 0 Å². The maximum absolute atomic E-state index is 13.1. The number of fused-ring (bicyclic) bond motifs is 1. The smallest absolute Gasteiger partial charge is 0.318 e. The molecule has 0 fully saturated rings. The molecule has 2 amide bonds. The van der Waals surface area contributed by atoms with E-state index in [0.29, 0.717) is 11.7 Å². The van der Waals surface area contributed by atoms with Crippen LogP contribution in [0.2, 0.25) is 0 Å². The second-order valence-electron chi connectivity index (χ2n) is 5.43. The van der Waals surface area contributed by atoms with Crippen molar-refractivity contribution in [3.05, 3.63) is 59.9 Å². The van der Waals surface area contributed by atoms with E-state index in [0.717, 1.165) is 15.8 Å². The number of urea groups is 1. The maximum atomic E-state index is 13.1. The van der Waals surface area contributed by atoms with Crippen LogP contribution in [0.4, 0.5) is 14.3 Å². The van der Waals surface area contributed by atoms with E-state index in [2.05, 4.69) is 10.3 Å². The fourth-order valence-electron chi connectivity index (χ4n) is 2.60. The van der Waals surface area contributed by atoms with E-state index in [1.807, 2.05) is 38.1 Å². The molecule has 0 radical (unpaired) electrons. The largest absolute Gasteiger partial charge is 0.324 e. The molecule has 4 nitrogen and oxygen atoms in total.